The van der Waals surface area contributed by atoms with Crippen molar-refractivity contribution in [3.63, 3.8) is 0 Å². The maximum absolute atomic E-state index is 12.8. The second-order valence-electron chi connectivity index (χ2n) is 8.18. The van der Waals surface area contributed by atoms with E-state index in [0.717, 1.165) is 31.9 Å². The number of halogens is 1. The van der Waals surface area contributed by atoms with E-state index in [4.69, 9.17) is 11.6 Å². The third-order valence-corrected chi connectivity index (χ3v) is 6.07. The zero-order valence-corrected chi connectivity index (χ0v) is 19.4. The quantitative estimate of drug-likeness (QED) is 0.283. The molecule has 5 rings (SSSR count). The van der Waals surface area contributed by atoms with Crippen LogP contribution in [0.2, 0.25) is 5.02 Å². The molecule has 4 heterocycles. The van der Waals surface area contributed by atoms with Gasteiger partial charge in [-0.05, 0) is 30.7 Å². The summed E-state index contributed by atoms with van der Waals surface area (Å²) in [4.78, 5) is 34.7. The number of nitrogens with one attached hydrogen (secondary N) is 4. The summed E-state index contributed by atoms with van der Waals surface area (Å²) in [6.45, 7) is 5.48. The first-order valence-electron chi connectivity index (χ1n) is 11.1. The van der Waals surface area contributed by atoms with Crippen LogP contribution in [0.25, 0.3) is 22.6 Å². The monoisotopic (exact) mass is 480 g/mol. The fourth-order valence-corrected chi connectivity index (χ4v) is 4.25. The Balaban J connectivity index is 1.46. The van der Waals surface area contributed by atoms with Gasteiger partial charge in [0.25, 0.3) is 5.56 Å². The van der Waals surface area contributed by atoms with Crippen LogP contribution in [0.15, 0.2) is 41.3 Å². The summed E-state index contributed by atoms with van der Waals surface area (Å²) in [7, 11) is 0. The van der Waals surface area contributed by atoms with E-state index in [-0.39, 0.29) is 12.1 Å². The van der Waals surface area contributed by atoms with E-state index in [2.05, 4.69) is 40.5 Å². The number of nitrogens with zero attached hydrogens (tertiary/aromatic N) is 4. The molecular weight excluding hydrogens is 456 g/mol. The maximum Gasteiger partial charge on any atom is 0.261 e. The van der Waals surface area contributed by atoms with Gasteiger partial charge in [-0.3, -0.25) is 4.79 Å². The van der Waals surface area contributed by atoms with Crippen LogP contribution in [0.1, 0.15) is 17.4 Å². The number of H-pyrrole nitrogens is 2. The molecule has 4 aromatic rings. The van der Waals surface area contributed by atoms with Crippen molar-refractivity contribution < 1.29 is 5.11 Å². The summed E-state index contributed by atoms with van der Waals surface area (Å²) in [6, 6.07) is 8.78. The molecule has 11 heteroatoms. The molecule has 1 aliphatic heterocycles. The molecule has 0 unspecified atom stereocenters. The van der Waals surface area contributed by atoms with E-state index in [1.165, 1.54) is 0 Å². The molecule has 0 saturated carbocycles. The summed E-state index contributed by atoms with van der Waals surface area (Å²) in [6.07, 6.45) is 0.743. The molecule has 0 spiro atoms. The summed E-state index contributed by atoms with van der Waals surface area (Å²) < 4.78 is 0. The Bertz CT molecular complexity index is 1380. The highest BCUT2D eigenvalue weighted by Gasteiger charge is 2.20. The number of hydrogen-bond acceptors (Lipinski definition) is 8. The number of aromatic nitrogens is 5. The Morgan fingerprint density at radius 2 is 2.03 bits per heavy atom. The second-order valence-corrected chi connectivity index (χ2v) is 8.61. The second kappa shape index (κ2) is 9.41. The molecule has 1 aliphatic rings. The van der Waals surface area contributed by atoms with Crippen molar-refractivity contribution in [2.24, 2.45) is 0 Å². The zero-order valence-electron chi connectivity index (χ0n) is 18.6. The van der Waals surface area contributed by atoms with Crippen molar-refractivity contribution >= 4 is 34.4 Å². The molecule has 5 N–H and O–H groups in total. The van der Waals surface area contributed by atoms with E-state index in [0.29, 0.717) is 44.8 Å². The minimum Gasteiger partial charge on any atom is -0.387 e. The Labute approximate surface area is 200 Å². The van der Waals surface area contributed by atoms with Gasteiger partial charge in [0.2, 0.25) is 5.95 Å². The molecule has 176 valence electrons. The average molecular weight is 481 g/mol. The van der Waals surface area contributed by atoms with Gasteiger partial charge in [-0.15, -0.1) is 0 Å². The van der Waals surface area contributed by atoms with Crippen molar-refractivity contribution in [2.75, 3.05) is 42.9 Å². The molecule has 1 saturated heterocycles. The molecule has 3 aromatic heterocycles. The number of pyridine rings is 1. The fourth-order valence-electron chi connectivity index (χ4n) is 4.05. The SMILES string of the molecule is Cc1nc(N2CCNCC2)nc2nc(-c3c(NC[C@@H](O)c4cccc(Cl)c4)cc[nH]c3=O)[nH]c12. The normalized spacial score (nSPS) is 15.0. The molecule has 1 atom stereocenters. The fraction of sp³-hybridized carbons (Fsp3) is 0.304. The molecule has 0 aliphatic carbocycles. The van der Waals surface area contributed by atoms with Crippen LogP contribution in [0.4, 0.5) is 11.6 Å². The molecule has 0 bridgehead atoms. The van der Waals surface area contributed by atoms with Gasteiger partial charge in [-0.2, -0.15) is 4.98 Å². The molecule has 0 radical (unpaired) electrons. The summed E-state index contributed by atoms with van der Waals surface area (Å²) >= 11 is 6.04. The first-order chi connectivity index (χ1) is 16.5. The molecule has 1 fully saturated rings. The van der Waals surface area contributed by atoms with E-state index in [1.807, 2.05) is 6.92 Å². The Morgan fingerprint density at radius 3 is 2.82 bits per heavy atom. The largest absolute Gasteiger partial charge is 0.387 e. The molecule has 1 aromatic carbocycles. The van der Waals surface area contributed by atoms with Crippen LogP contribution in [-0.4, -0.2) is 62.8 Å². The lowest BCUT2D eigenvalue weighted by molar-refractivity contribution is 0.191. The number of aromatic amines is 2. The van der Waals surface area contributed by atoms with Crippen LogP contribution >= 0.6 is 11.6 Å². The van der Waals surface area contributed by atoms with E-state index in [9.17, 15) is 9.90 Å². The average Bonchev–Trinajstić information content (AvgIpc) is 3.27. The zero-order chi connectivity index (χ0) is 23.7. The molecule has 10 nitrogen and oxygen atoms in total. The number of imidazole rings is 1. The molecule has 34 heavy (non-hydrogen) atoms. The van der Waals surface area contributed by atoms with Crippen molar-refractivity contribution in [1.82, 2.24) is 30.2 Å². The number of rotatable bonds is 6. The van der Waals surface area contributed by atoms with Crippen LogP contribution in [0.5, 0.6) is 0 Å². The highest BCUT2D eigenvalue weighted by molar-refractivity contribution is 6.30. The number of hydrogen-bond donors (Lipinski definition) is 5. The van der Waals surface area contributed by atoms with Crippen LogP contribution in [0, 0.1) is 6.92 Å². The Hall–Kier alpha value is -3.47. The van der Waals surface area contributed by atoms with Gasteiger partial charge < -0.3 is 30.6 Å². The van der Waals surface area contributed by atoms with Crippen LogP contribution < -0.4 is 21.1 Å². The molecule has 0 amide bonds. The lowest BCUT2D eigenvalue weighted by Gasteiger charge is -2.27. The Kier molecular flexibility index (Phi) is 6.18. The maximum atomic E-state index is 12.8. The lowest BCUT2D eigenvalue weighted by Crippen LogP contribution is -2.44. The van der Waals surface area contributed by atoms with Gasteiger partial charge in [0.05, 0.1) is 17.5 Å². The number of aryl methyl sites for hydroxylation is 1. The first-order valence-corrected chi connectivity index (χ1v) is 11.5. The van der Waals surface area contributed by atoms with Gasteiger partial charge >= 0.3 is 0 Å². The minimum absolute atomic E-state index is 0.184. The highest BCUT2D eigenvalue weighted by Crippen LogP contribution is 2.26. The van der Waals surface area contributed by atoms with Gasteiger partial charge in [-0.1, -0.05) is 23.7 Å². The number of fused-ring (bicyclic) bond motifs is 1. The summed E-state index contributed by atoms with van der Waals surface area (Å²) in [5, 5.41) is 17.6. The molecular formula is C23H25ClN8O2. The minimum atomic E-state index is -0.809. The van der Waals surface area contributed by atoms with Crippen molar-refractivity contribution in [1.29, 1.82) is 0 Å². The van der Waals surface area contributed by atoms with Crippen molar-refractivity contribution in [3.8, 4) is 11.4 Å². The number of piperazine rings is 1. The van der Waals surface area contributed by atoms with Crippen molar-refractivity contribution in [3.05, 3.63) is 63.2 Å². The number of anilines is 2. The predicted molar refractivity (Wildman–Crippen MR) is 132 cm³/mol. The summed E-state index contributed by atoms with van der Waals surface area (Å²) in [5.74, 6) is 1.01. The van der Waals surface area contributed by atoms with Gasteiger partial charge in [0.1, 0.15) is 16.9 Å². The smallest absolute Gasteiger partial charge is 0.261 e. The topological polar surface area (TPSA) is 135 Å². The predicted octanol–water partition coefficient (Wildman–Crippen LogP) is 2.23. The van der Waals surface area contributed by atoms with Crippen molar-refractivity contribution in [2.45, 2.75) is 13.0 Å². The highest BCUT2D eigenvalue weighted by atomic mass is 35.5. The standard InChI is InChI=1S/C23H25ClN8O2/c1-13-19-21(31-23(28-13)32-9-7-25-8-10-32)30-20(29-19)18-16(5-6-26-22(18)34)27-12-17(33)14-3-2-4-15(24)11-14/h2-6,11,17,25,33H,7-10,12H2,1H3,(H2,26,27,34)(H,28,29,30,31)/t17-/m1/s1. The van der Waals surface area contributed by atoms with Gasteiger partial charge in [-0.25, -0.2) is 9.97 Å². The third-order valence-electron chi connectivity index (χ3n) is 5.84. The first kappa shape index (κ1) is 22.3. The third kappa shape index (κ3) is 4.47. The van der Waals surface area contributed by atoms with Gasteiger partial charge in [0, 0.05) is 43.9 Å². The number of benzene rings is 1. The van der Waals surface area contributed by atoms with E-state index in [1.54, 1.807) is 36.5 Å². The number of aliphatic hydroxyl groups excluding tert-OH is 1. The number of aliphatic hydroxyl groups is 1. The van der Waals surface area contributed by atoms with Crippen LogP contribution in [0.3, 0.4) is 0 Å². The Morgan fingerprint density at radius 1 is 1.21 bits per heavy atom. The van der Waals surface area contributed by atoms with E-state index < -0.39 is 6.10 Å². The van der Waals surface area contributed by atoms with Crippen LogP contribution in [-0.2, 0) is 0 Å². The van der Waals surface area contributed by atoms with E-state index >= 15 is 0 Å². The van der Waals surface area contributed by atoms with Gasteiger partial charge in [0.15, 0.2) is 5.65 Å². The summed E-state index contributed by atoms with van der Waals surface area (Å²) in [5.41, 5.74) is 3.19. The lowest BCUT2D eigenvalue weighted by atomic mass is 10.1.